The van der Waals surface area contributed by atoms with Crippen LogP contribution in [-0.2, 0) is 17.8 Å². The first kappa shape index (κ1) is 19.0. The molecule has 0 atom stereocenters. The van der Waals surface area contributed by atoms with Gasteiger partial charge in [-0.15, -0.1) is 0 Å². The number of ether oxygens (including phenoxy) is 1. The third kappa shape index (κ3) is 5.38. The van der Waals surface area contributed by atoms with E-state index in [9.17, 15) is 9.59 Å². The van der Waals surface area contributed by atoms with Crippen molar-refractivity contribution < 1.29 is 18.7 Å². The number of carbonyl (C=O) groups excluding carboxylic acids is 2. The maximum absolute atomic E-state index is 12.8. The zero-order chi connectivity index (χ0) is 19.8. The molecule has 144 valence electrons. The SMILES string of the molecule is COC(=O)Nc1ccc(NC(=O)N(Cc2ccccc2)Cc2ccco2)cc1. The van der Waals surface area contributed by atoms with Crippen LogP contribution in [-0.4, -0.2) is 24.1 Å². The number of methoxy groups -OCH3 is 1. The minimum Gasteiger partial charge on any atom is -0.467 e. The van der Waals surface area contributed by atoms with Gasteiger partial charge in [0.2, 0.25) is 0 Å². The van der Waals surface area contributed by atoms with E-state index < -0.39 is 6.09 Å². The van der Waals surface area contributed by atoms with Crippen molar-refractivity contribution in [2.24, 2.45) is 0 Å². The summed E-state index contributed by atoms with van der Waals surface area (Å²) >= 11 is 0. The molecule has 7 nitrogen and oxygen atoms in total. The average molecular weight is 379 g/mol. The Morgan fingerprint density at radius 2 is 1.57 bits per heavy atom. The zero-order valence-corrected chi connectivity index (χ0v) is 15.4. The Bertz CT molecular complexity index is 893. The maximum atomic E-state index is 12.8. The van der Waals surface area contributed by atoms with Crippen molar-refractivity contribution in [3.8, 4) is 0 Å². The zero-order valence-electron chi connectivity index (χ0n) is 15.4. The molecule has 2 aromatic carbocycles. The Morgan fingerprint density at radius 1 is 0.893 bits per heavy atom. The van der Waals surface area contributed by atoms with Crippen LogP contribution >= 0.6 is 0 Å². The fraction of sp³-hybridized carbons (Fsp3) is 0.143. The van der Waals surface area contributed by atoms with Gasteiger partial charge in [0.05, 0.1) is 19.9 Å². The van der Waals surface area contributed by atoms with Crippen LogP contribution < -0.4 is 10.6 Å². The van der Waals surface area contributed by atoms with Gasteiger partial charge < -0.3 is 19.4 Å². The lowest BCUT2D eigenvalue weighted by molar-refractivity contribution is 0.187. The number of hydrogen-bond acceptors (Lipinski definition) is 4. The van der Waals surface area contributed by atoms with Gasteiger partial charge >= 0.3 is 12.1 Å². The van der Waals surface area contributed by atoms with Crippen molar-refractivity contribution in [1.82, 2.24) is 4.90 Å². The largest absolute Gasteiger partial charge is 0.467 e. The lowest BCUT2D eigenvalue weighted by Gasteiger charge is -2.22. The number of nitrogens with zero attached hydrogens (tertiary/aromatic N) is 1. The number of benzene rings is 2. The predicted octanol–water partition coefficient (Wildman–Crippen LogP) is 4.69. The highest BCUT2D eigenvalue weighted by Gasteiger charge is 2.16. The average Bonchev–Trinajstić information content (AvgIpc) is 3.23. The Kier molecular flexibility index (Phi) is 6.30. The number of nitrogens with one attached hydrogen (secondary N) is 2. The van der Waals surface area contributed by atoms with E-state index in [1.807, 2.05) is 36.4 Å². The fourth-order valence-corrected chi connectivity index (χ4v) is 2.60. The molecule has 0 spiro atoms. The van der Waals surface area contributed by atoms with Gasteiger partial charge in [0, 0.05) is 17.9 Å². The van der Waals surface area contributed by atoms with Crippen LogP contribution in [0.15, 0.2) is 77.4 Å². The molecule has 7 heteroatoms. The number of anilines is 2. The van der Waals surface area contributed by atoms with Gasteiger partial charge in [-0.25, -0.2) is 9.59 Å². The first-order chi connectivity index (χ1) is 13.6. The highest BCUT2D eigenvalue weighted by atomic mass is 16.5. The molecule has 1 aromatic heterocycles. The normalized spacial score (nSPS) is 10.2. The monoisotopic (exact) mass is 379 g/mol. The third-order valence-electron chi connectivity index (χ3n) is 4.00. The second-order valence-electron chi connectivity index (χ2n) is 6.05. The molecule has 0 unspecified atom stereocenters. The van der Waals surface area contributed by atoms with Gasteiger partial charge in [-0.05, 0) is 42.0 Å². The lowest BCUT2D eigenvalue weighted by atomic mass is 10.2. The lowest BCUT2D eigenvalue weighted by Crippen LogP contribution is -2.33. The summed E-state index contributed by atoms with van der Waals surface area (Å²) in [5.41, 5.74) is 2.20. The van der Waals surface area contributed by atoms with E-state index in [0.717, 1.165) is 5.56 Å². The molecule has 0 aliphatic carbocycles. The topological polar surface area (TPSA) is 83.8 Å². The fourth-order valence-electron chi connectivity index (χ4n) is 2.60. The smallest absolute Gasteiger partial charge is 0.411 e. The van der Waals surface area contributed by atoms with E-state index in [-0.39, 0.29) is 6.03 Å². The van der Waals surface area contributed by atoms with E-state index in [2.05, 4.69) is 15.4 Å². The number of amides is 3. The predicted molar refractivity (Wildman–Crippen MR) is 106 cm³/mol. The molecule has 2 N–H and O–H groups in total. The van der Waals surface area contributed by atoms with Gasteiger partial charge in [0.15, 0.2) is 0 Å². The number of carbonyl (C=O) groups is 2. The summed E-state index contributed by atoms with van der Waals surface area (Å²) in [5.74, 6) is 0.698. The molecular weight excluding hydrogens is 358 g/mol. The van der Waals surface area contributed by atoms with Crippen molar-refractivity contribution in [1.29, 1.82) is 0 Å². The van der Waals surface area contributed by atoms with Crippen molar-refractivity contribution in [3.63, 3.8) is 0 Å². The molecule has 3 aromatic rings. The van der Waals surface area contributed by atoms with Crippen molar-refractivity contribution in [2.75, 3.05) is 17.7 Å². The van der Waals surface area contributed by atoms with Crippen LogP contribution in [0.2, 0.25) is 0 Å². The summed E-state index contributed by atoms with van der Waals surface area (Å²) in [6, 6.07) is 19.9. The molecule has 28 heavy (non-hydrogen) atoms. The molecule has 3 rings (SSSR count). The van der Waals surface area contributed by atoms with Crippen molar-refractivity contribution >= 4 is 23.5 Å². The van der Waals surface area contributed by atoms with E-state index in [0.29, 0.717) is 30.2 Å². The standard InChI is InChI=1S/C21H21N3O4/c1-27-21(26)23-18-11-9-17(10-12-18)22-20(25)24(15-19-8-5-13-28-19)14-16-6-3-2-4-7-16/h2-13H,14-15H2,1H3,(H,22,25)(H,23,26). The second kappa shape index (κ2) is 9.27. The Labute approximate surface area is 162 Å². The van der Waals surface area contributed by atoms with Gasteiger partial charge in [0.1, 0.15) is 5.76 Å². The quantitative estimate of drug-likeness (QED) is 0.651. The molecular formula is C21H21N3O4. The molecule has 1 heterocycles. The first-order valence-electron chi connectivity index (χ1n) is 8.71. The highest BCUT2D eigenvalue weighted by molar-refractivity contribution is 5.90. The van der Waals surface area contributed by atoms with Crippen LogP contribution in [0.4, 0.5) is 21.0 Å². The molecule has 0 saturated carbocycles. The summed E-state index contributed by atoms with van der Waals surface area (Å²) in [6.45, 7) is 0.783. The minimum atomic E-state index is -0.552. The van der Waals surface area contributed by atoms with E-state index in [1.165, 1.54) is 7.11 Å². The van der Waals surface area contributed by atoms with Crippen LogP contribution in [0, 0.1) is 0 Å². The summed E-state index contributed by atoms with van der Waals surface area (Å²) in [4.78, 5) is 25.7. The number of hydrogen-bond donors (Lipinski definition) is 2. The van der Waals surface area contributed by atoms with Crippen LogP contribution in [0.5, 0.6) is 0 Å². The van der Waals surface area contributed by atoms with Crippen molar-refractivity contribution in [2.45, 2.75) is 13.1 Å². The number of rotatable bonds is 6. The second-order valence-corrected chi connectivity index (χ2v) is 6.05. The van der Waals surface area contributed by atoms with Gasteiger partial charge in [0.25, 0.3) is 0 Å². The summed E-state index contributed by atoms with van der Waals surface area (Å²) in [7, 11) is 1.30. The Balaban J connectivity index is 1.68. The number of furan rings is 1. The Hall–Kier alpha value is -3.74. The van der Waals surface area contributed by atoms with E-state index in [1.54, 1.807) is 41.5 Å². The summed E-state index contributed by atoms with van der Waals surface area (Å²) in [6.07, 6.45) is 1.03. The van der Waals surface area contributed by atoms with E-state index in [4.69, 9.17) is 4.42 Å². The molecule has 3 amide bonds. The van der Waals surface area contributed by atoms with Gasteiger partial charge in [-0.2, -0.15) is 0 Å². The van der Waals surface area contributed by atoms with Gasteiger partial charge in [-0.1, -0.05) is 30.3 Å². The molecule has 0 saturated heterocycles. The summed E-state index contributed by atoms with van der Waals surface area (Å²) < 4.78 is 9.94. The molecule has 0 aliphatic heterocycles. The molecule has 0 radical (unpaired) electrons. The summed E-state index contributed by atoms with van der Waals surface area (Å²) in [5, 5.41) is 5.43. The van der Waals surface area contributed by atoms with Crippen LogP contribution in [0.3, 0.4) is 0 Å². The van der Waals surface area contributed by atoms with E-state index >= 15 is 0 Å². The van der Waals surface area contributed by atoms with Crippen LogP contribution in [0.25, 0.3) is 0 Å². The van der Waals surface area contributed by atoms with Gasteiger partial charge in [-0.3, -0.25) is 5.32 Å². The number of urea groups is 1. The Morgan fingerprint density at radius 3 is 2.18 bits per heavy atom. The minimum absolute atomic E-state index is 0.256. The molecule has 0 aliphatic rings. The highest BCUT2D eigenvalue weighted by Crippen LogP contribution is 2.16. The molecule has 0 bridgehead atoms. The third-order valence-corrected chi connectivity index (χ3v) is 4.00. The molecule has 0 fully saturated rings. The maximum Gasteiger partial charge on any atom is 0.411 e. The first-order valence-corrected chi connectivity index (χ1v) is 8.71. The van der Waals surface area contributed by atoms with Crippen LogP contribution in [0.1, 0.15) is 11.3 Å². The van der Waals surface area contributed by atoms with Crippen molar-refractivity contribution in [3.05, 3.63) is 84.3 Å².